The Hall–Kier alpha value is -2.00. The molecule has 2 rings (SSSR count). The van der Waals surface area contributed by atoms with Crippen molar-refractivity contribution in [2.75, 3.05) is 14.2 Å². The van der Waals surface area contributed by atoms with Crippen molar-refractivity contribution in [3.8, 4) is 0 Å². The van der Waals surface area contributed by atoms with E-state index in [0.29, 0.717) is 10.2 Å². The standard InChI is InChI=1S/C15H15ClN2O5S/c1-18(22-2)24(20,21)12-6-7-14(16)13(9-12)15(19)23-10-11-5-3-4-8-17-11/h3-9H,10H2,1-2H3. The molecular formula is C15H15ClN2O5S. The number of hydrogen-bond donors (Lipinski definition) is 0. The number of sulfonamides is 1. The molecule has 0 bridgehead atoms. The number of hydrogen-bond acceptors (Lipinski definition) is 6. The highest BCUT2D eigenvalue weighted by atomic mass is 35.5. The molecule has 0 aliphatic carbocycles. The second-order valence-corrected chi connectivity index (χ2v) is 6.98. The van der Waals surface area contributed by atoms with Gasteiger partial charge in [-0.3, -0.25) is 9.82 Å². The molecule has 1 heterocycles. The Kier molecular flexibility index (Phi) is 5.89. The van der Waals surface area contributed by atoms with E-state index in [1.807, 2.05) is 0 Å². The summed E-state index contributed by atoms with van der Waals surface area (Å²) in [6, 6.07) is 8.94. The van der Waals surface area contributed by atoms with Crippen LogP contribution in [0.15, 0.2) is 47.5 Å². The normalized spacial score (nSPS) is 11.5. The molecule has 0 amide bonds. The van der Waals surface area contributed by atoms with Crippen molar-refractivity contribution < 1.29 is 22.8 Å². The molecule has 0 spiro atoms. The largest absolute Gasteiger partial charge is 0.456 e. The molecule has 1 aromatic heterocycles. The van der Waals surface area contributed by atoms with Gasteiger partial charge in [0.1, 0.15) is 6.61 Å². The smallest absolute Gasteiger partial charge is 0.340 e. The summed E-state index contributed by atoms with van der Waals surface area (Å²) >= 11 is 5.98. The van der Waals surface area contributed by atoms with Crippen molar-refractivity contribution in [1.29, 1.82) is 0 Å². The number of nitrogens with zero attached hydrogens (tertiary/aromatic N) is 2. The molecule has 0 aliphatic rings. The second-order valence-electron chi connectivity index (χ2n) is 4.64. The molecule has 0 saturated carbocycles. The number of benzene rings is 1. The van der Waals surface area contributed by atoms with Crippen LogP contribution in [-0.2, 0) is 26.2 Å². The molecule has 9 heteroatoms. The van der Waals surface area contributed by atoms with E-state index in [0.717, 1.165) is 6.07 Å². The van der Waals surface area contributed by atoms with E-state index in [4.69, 9.17) is 21.2 Å². The molecule has 2 aromatic rings. The molecule has 0 N–H and O–H groups in total. The lowest BCUT2D eigenvalue weighted by atomic mass is 10.2. The van der Waals surface area contributed by atoms with Gasteiger partial charge in [0, 0.05) is 13.2 Å². The topological polar surface area (TPSA) is 85.8 Å². The number of pyridine rings is 1. The predicted octanol–water partition coefficient (Wildman–Crippen LogP) is 2.27. The molecule has 0 atom stereocenters. The van der Waals surface area contributed by atoms with Gasteiger partial charge in [-0.1, -0.05) is 22.1 Å². The lowest BCUT2D eigenvalue weighted by Gasteiger charge is -2.15. The van der Waals surface area contributed by atoms with E-state index >= 15 is 0 Å². The molecule has 7 nitrogen and oxygen atoms in total. The van der Waals surface area contributed by atoms with Crippen LogP contribution in [0.4, 0.5) is 0 Å². The maximum absolute atomic E-state index is 12.2. The third-order valence-corrected chi connectivity index (χ3v) is 5.13. The molecule has 0 aliphatic heterocycles. The average molecular weight is 371 g/mol. The van der Waals surface area contributed by atoms with E-state index in [1.54, 1.807) is 24.4 Å². The van der Waals surface area contributed by atoms with Gasteiger partial charge in [0.2, 0.25) is 0 Å². The summed E-state index contributed by atoms with van der Waals surface area (Å²) in [7, 11) is -1.44. The van der Waals surface area contributed by atoms with E-state index < -0.39 is 16.0 Å². The zero-order valence-corrected chi connectivity index (χ0v) is 14.5. The van der Waals surface area contributed by atoms with E-state index in [1.165, 1.54) is 26.3 Å². The van der Waals surface area contributed by atoms with Crippen molar-refractivity contribution in [1.82, 2.24) is 9.45 Å². The van der Waals surface area contributed by atoms with Crippen LogP contribution < -0.4 is 0 Å². The Bertz CT molecular complexity index is 827. The van der Waals surface area contributed by atoms with Crippen LogP contribution in [-0.4, -0.2) is 38.0 Å². The summed E-state index contributed by atoms with van der Waals surface area (Å²) in [5.74, 6) is -0.747. The number of halogens is 1. The summed E-state index contributed by atoms with van der Waals surface area (Å²) in [6.45, 7) is -0.0506. The third-order valence-electron chi connectivity index (χ3n) is 3.13. The highest BCUT2D eigenvalue weighted by molar-refractivity contribution is 7.89. The number of carbonyl (C=O) groups excluding carboxylic acids is 1. The molecule has 0 unspecified atom stereocenters. The van der Waals surface area contributed by atoms with Crippen LogP contribution >= 0.6 is 11.6 Å². The minimum Gasteiger partial charge on any atom is -0.456 e. The minimum atomic E-state index is -3.90. The lowest BCUT2D eigenvalue weighted by Crippen LogP contribution is -2.26. The van der Waals surface area contributed by atoms with Crippen LogP contribution in [0.5, 0.6) is 0 Å². The number of esters is 1. The first kappa shape index (κ1) is 18.3. The van der Waals surface area contributed by atoms with Gasteiger partial charge >= 0.3 is 5.97 Å². The van der Waals surface area contributed by atoms with Gasteiger partial charge in [0.15, 0.2) is 0 Å². The summed E-state index contributed by atoms with van der Waals surface area (Å²) < 4.78 is 30.3. The van der Waals surface area contributed by atoms with Crippen LogP contribution in [0, 0.1) is 0 Å². The van der Waals surface area contributed by atoms with Crippen LogP contribution in [0.25, 0.3) is 0 Å². The van der Waals surface area contributed by atoms with E-state index in [9.17, 15) is 13.2 Å². The van der Waals surface area contributed by atoms with Gasteiger partial charge in [0.25, 0.3) is 10.0 Å². The number of rotatable bonds is 6. The van der Waals surface area contributed by atoms with E-state index in [-0.39, 0.29) is 22.1 Å². The first-order chi connectivity index (χ1) is 11.4. The highest BCUT2D eigenvalue weighted by Gasteiger charge is 2.23. The number of hydroxylamine groups is 1. The first-order valence-corrected chi connectivity index (χ1v) is 8.57. The maximum atomic E-state index is 12.2. The second kappa shape index (κ2) is 7.71. The van der Waals surface area contributed by atoms with Gasteiger partial charge in [-0.15, -0.1) is 0 Å². The van der Waals surface area contributed by atoms with Gasteiger partial charge < -0.3 is 4.74 Å². The lowest BCUT2D eigenvalue weighted by molar-refractivity contribution is -0.0258. The Morgan fingerprint density at radius 2 is 2.04 bits per heavy atom. The van der Waals surface area contributed by atoms with Crippen LogP contribution in [0.1, 0.15) is 16.1 Å². The van der Waals surface area contributed by atoms with Gasteiger partial charge in [0.05, 0.1) is 28.3 Å². The van der Waals surface area contributed by atoms with Gasteiger partial charge in [-0.25, -0.2) is 13.2 Å². The first-order valence-electron chi connectivity index (χ1n) is 6.76. The fraction of sp³-hybridized carbons (Fsp3) is 0.200. The summed E-state index contributed by atoms with van der Waals surface area (Å²) in [5, 5.41) is 0.0834. The SMILES string of the molecule is CON(C)S(=O)(=O)c1ccc(Cl)c(C(=O)OCc2ccccn2)c1. The van der Waals surface area contributed by atoms with E-state index in [2.05, 4.69) is 4.98 Å². The maximum Gasteiger partial charge on any atom is 0.340 e. The van der Waals surface area contributed by atoms with Gasteiger partial charge in [-0.05, 0) is 30.3 Å². The van der Waals surface area contributed by atoms with Crippen molar-refractivity contribution in [3.63, 3.8) is 0 Å². The molecule has 128 valence electrons. The fourth-order valence-electron chi connectivity index (χ4n) is 1.77. The van der Waals surface area contributed by atoms with Crippen LogP contribution in [0.2, 0.25) is 5.02 Å². The summed E-state index contributed by atoms with van der Waals surface area (Å²) in [4.78, 5) is 20.8. The zero-order chi connectivity index (χ0) is 17.7. The zero-order valence-electron chi connectivity index (χ0n) is 13.0. The number of aromatic nitrogens is 1. The summed E-state index contributed by atoms with van der Waals surface area (Å²) in [6.07, 6.45) is 1.57. The quantitative estimate of drug-likeness (QED) is 0.572. The highest BCUT2D eigenvalue weighted by Crippen LogP contribution is 2.23. The molecule has 24 heavy (non-hydrogen) atoms. The Morgan fingerprint density at radius 1 is 1.29 bits per heavy atom. The van der Waals surface area contributed by atoms with Crippen molar-refractivity contribution >= 4 is 27.6 Å². The van der Waals surface area contributed by atoms with Crippen LogP contribution in [0.3, 0.4) is 0 Å². The van der Waals surface area contributed by atoms with Crippen molar-refractivity contribution in [2.45, 2.75) is 11.5 Å². The monoisotopic (exact) mass is 370 g/mol. The Labute approximate surface area is 144 Å². The fourth-order valence-corrected chi connectivity index (χ4v) is 2.96. The number of ether oxygens (including phenoxy) is 1. The third kappa shape index (κ3) is 4.09. The Morgan fingerprint density at radius 3 is 2.67 bits per heavy atom. The number of carbonyl (C=O) groups is 1. The molecular weight excluding hydrogens is 356 g/mol. The Balaban J connectivity index is 2.24. The molecule has 0 saturated heterocycles. The van der Waals surface area contributed by atoms with Crippen molar-refractivity contribution in [3.05, 3.63) is 58.9 Å². The van der Waals surface area contributed by atoms with Gasteiger partial charge in [-0.2, -0.15) is 0 Å². The average Bonchev–Trinajstić information content (AvgIpc) is 2.60. The molecule has 0 fully saturated rings. The van der Waals surface area contributed by atoms with Crippen molar-refractivity contribution in [2.24, 2.45) is 0 Å². The molecule has 1 aromatic carbocycles. The summed E-state index contributed by atoms with van der Waals surface area (Å²) in [5.41, 5.74) is 0.503. The molecule has 0 radical (unpaired) electrons. The predicted molar refractivity (Wildman–Crippen MR) is 86.8 cm³/mol. The minimum absolute atomic E-state index is 0.0506.